The summed E-state index contributed by atoms with van der Waals surface area (Å²) in [5.74, 6) is -0.180. The molecule has 0 aromatic heterocycles. The maximum atomic E-state index is 12.8. The first kappa shape index (κ1) is 66.7. The van der Waals surface area contributed by atoms with E-state index in [0.717, 1.165) is 51.4 Å². The number of nitrogens with zero attached hydrogens (tertiary/aromatic N) is 1. The van der Waals surface area contributed by atoms with Crippen LogP contribution in [-0.4, -0.2) is 73.4 Å². The summed E-state index contributed by atoms with van der Waals surface area (Å²) in [5, 5.41) is 13.7. The van der Waals surface area contributed by atoms with Crippen molar-refractivity contribution < 1.29 is 32.9 Å². The minimum Gasteiger partial charge on any atom is -0.387 e. The zero-order valence-corrected chi connectivity index (χ0v) is 46.8. The van der Waals surface area contributed by atoms with E-state index in [-0.39, 0.29) is 19.1 Å². The SMILES string of the molecule is CCCCC/C=C/C(O)C(COP(=O)(O)OCC[N+](C)(C)C)NC(=O)CCCCCCCCCCCCCCCCCCCCCCCCCCCCCCC/C=C\C/C=C\CCCCCCC. The molecule has 0 aromatic carbocycles. The fourth-order valence-electron chi connectivity index (χ4n) is 8.72. The first-order chi connectivity index (χ1) is 33.0. The Balaban J connectivity index is 3.63. The number of quaternary nitrogens is 1. The molecule has 9 heteroatoms. The van der Waals surface area contributed by atoms with Gasteiger partial charge in [0.2, 0.25) is 5.91 Å². The fourth-order valence-corrected chi connectivity index (χ4v) is 9.46. The van der Waals surface area contributed by atoms with Crippen molar-refractivity contribution in [3.05, 3.63) is 36.5 Å². The zero-order chi connectivity index (χ0) is 49.9. The summed E-state index contributed by atoms with van der Waals surface area (Å²) in [7, 11) is 1.58. The molecule has 0 aliphatic heterocycles. The molecule has 0 heterocycles. The number of amides is 1. The highest BCUT2D eigenvalue weighted by Crippen LogP contribution is 2.43. The molecule has 0 aliphatic carbocycles. The fraction of sp³-hybridized carbons (Fsp3) is 0.881. The van der Waals surface area contributed by atoms with Crippen LogP contribution in [-0.2, 0) is 18.4 Å². The van der Waals surface area contributed by atoms with E-state index in [9.17, 15) is 19.4 Å². The van der Waals surface area contributed by atoms with E-state index < -0.39 is 20.0 Å². The Hall–Kier alpha value is -1.28. The number of hydrogen-bond donors (Lipinski definition) is 3. The predicted octanol–water partition coefficient (Wildman–Crippen LogP) is 17.8. The molecule has 68 heavy (non-hydrogen) atoms. The van der Waals surface area contributed by atoms with E-state index in [1.165, 1.54) is 212 Å². The maximum Gasteiger partial charge on any atom is 0.472 e. The quantitative estimate of drug-likeness (QED) is 0.0243. The molecule has 0 aliphatic rings. The molecule has 0 radical (unpaired) electrons. The number of unbranched alkanes of at least 4 members (excludes halogenated alkanes) is 37. The summed E-state index contributed by atoms with van der Waals surface area (Å²) in [6.45, 7) is 4.71. The Morgan fingerprint density at radius 1 is 0.500 bits per heavy atom. The van der Waals surface area contributed by atoms with E-state index in [4.69, 9.17) is 9.05 Å². The number of phosphoric ester groups is 1. The second-order valence-electron chi connectivity index (χ2n) is 21.4. The van der Waals surface area contributed by atoms with Gasteiger partial charge in [-0.2, -0.15) is 0 Å². The van der Waals surface area contributed by atoms with Crippen LogP contribution < -0.4 is 5.32 Å². The van der Waals surface area contributed by atoms with Crippen molar-refractivity contribution in [2.45, 2.75) is 296 Å². The van der Waals surface area contributed by atoms with Crippen LogP contribution in [0.1, 0.15) is 284 Å². The van der Waals surface area contributed by atoms with E-state index >= 15 is 0 Å². The number of hydrogen-bond acceptors (Lipinski definition) is 5. The molecule has 1 amide bonds. The molecular formula is C59H116N2O6P+. The zero-order valence-electron chi connectivity index (χ0n) is 45.9. The summed E-state index contributed by atoms with van der Waals surface area (Å²) in [6, 6.07) is -0.840. The van der Waals surface area contributed by atoms with Gasteiger partial charge in [-0.1, -0.05) is 262 Å². The predicted molar refractivity (Wildman–Crippen MR) is 295 cm³/mol. The van der Waals surface area contributed by atoms with Gasteiger partial charge in [0, 0.05) is 6.42 Å². The number of aliphatic hydroxyl groups excluding tert-OH is 1. The summed E-state index contributed by atoms with van der Waals surface area (Å²) >= 11 is 0. The first-order valence-electron chi connectivity index (χ1n) is 29.4. The van der Waals surface area contributed by atoms with Crippen molar-refractivity contribution in [2.75, 3.05) is 40.9 Å². The van der Waals surface area contributed by atoms with Gasteiger partial charge < -0.3 is 19.8 Å². The number of carbonyl (C=O) groups excluding carboxylic acids is 1. The van der Waals surface area contributed by atoms with Gasteiger partial charge in [-0.3, -0.25) is 13.8 Å². The number of carbonyl (C=O) groups is 1. The van der Waals surface area contributed by atoms with Crippen molar-refractivity contribution in [1.29, 1.82) is 0 Å². The highest BCUT2D eigenvalue weighted by Gasteiger charge is 2.27. The van der Waals surface area contributed by atoms with Crippen LogP contribution in [0, 0.1) is 0 Å². The molecule has 0 aromatic rings. The van der Waals surface area contributed by atoms with Gasteiger partial charge >= 0.3 is 7.82 Å². The van der Waals surface area contributed by atoms with Crippen molar-refractivity contribution in [2.24, 2.45) is 0 Å². The van der Waals surface area contributed by atoms with Crippen LogP contribution in [0.4, 0.5) is 0 Å². The maximum absolute atomic E-state index is 12.8. The Morgan fingerprint density at radius 3 is 1.24 bits per heavy atom. The molecule has 0 rings (SSSR count). The van der Waals surface area contributed by atoms with E-state index in [0.29, 0.717) is 17.4 Å². The normalized spacial score (nSPS) is 14.2. The van der Waals surface area contributed by atoms with Gasteiger partial charge in [0.05, 0.1) is 39.9 Å². The highest BCUT2D eigenvalue weighted by molar-refractivity contribution is 7.47. The summed E-state index contributed by atoms with van der Waals surface area (Å²) in [4.78, 5) is 23.0. The lowest BCUT2D eigenvalue weighted by Crippen LogP contribution is -2.45. The molecule has 0 saturated heterocycles. The number of nitrogens with one attached hydrogen (secondary N) is 1. The lowest BCUT2D eigenvalue weighted by atomic mass is 10.0. The highest BCUT2D eigenvalue weighted by atomic mass is 31.2. The minimum absolute atomic E-state index is 0.0623. The summed E-state index contributed by atoms with van der Waals surface area (Å²) in [6.07, 6.45) is 66.3. The van der Waals surface area contributed by atoms with Gasteiger partial charge in [0.25, 0.3) is 0 Å². The van der Waals surface area contributed by atoms with Crippen LogP contribution in [0.25, 0.3) is 0 Å². The standard InChI is InChI=1S/C59H115N2O6P/c1-6-8-10-12-13-14-15-16-17-18-19-20-21-22-23-24-25-26-27-28-29-30-31-32-33-34-35-36-37-38-39-40-41-42-43-44-45-46-47-49-51-53-59(63)60-57(58(62)52-50-48-11-9-7-2)56-67-68(64,65)66-55-54-61(3,4)5/h15-16,18-19,50,52,57-58,62H,6-14,17,20-49,51,53-56H2,1-5H3,(H-,60,63,64,65)/p+1/b16-15-,19-18-,52-50+. The number of phosphoric acid groups is 1. The second-order valence-corrected chi connectivity index (χ2v) is 22.8. The monoisotopic (exact) mass is 980 g/mol. The Bertz CT molecular complexity index is 1200. The Kier molecular flexibility index (Phi) is 49.7. The lowest BCUT2D eigenvalue weighted by molar-refractivity contribution is -0.870. The van der Waals surface area contributed by atoms with Gasteiger partial charge in [-0.25, -0.2) is 4.57 Å². The smallest absolute Gasteiger partial charge is 0.387 e. The molecule has 8 nitrogen and oxygen atoms in total. The van der Waals surface area contributed by atoms with Gasteiger partial charge in [-0.05, 0) is 51.4 Å². The molecule has 0 fully saturated rings. The number of rotatable bonds is 54. The summed E-state index contributed by atoms with van der Waals surface area (Å²) in [5.41, 5.74) is 0. The molecule has 3 atom stereocenters. The first-order valence-corrected chi connectivity index (χ1v) is 30.9. The molecule has 0 saturated carbocycles. The third kappa shape index (κ3) is 52.5. The largest absolute Gasteiger partial charge is 0.472 e. The average molecular weight is 981 g/mol. The third-order valence-electron chi connectivity index (χ3n) is 13.4. The second kappa shape index (κ2) is 50.7. The minimum atomic E-state index is -4.32. The van der Waals surface area contributed by atoms with Gasteiger partial charge in [-0.15, -0.1) is 0 Å². The average Bonchev–Trinajstić information content (AvgIpc) is 3.30. The third-order valence-corrected chi connectivity index (χ3v) is 14.3. The van der Waals surface area contributed by atoms with Gasteiger partial charge in [0.1, 0.15) is 13.2 Å². The van der Waals surface area contributed by atoms with Crippen molar-refractivity contribution in [3.8, 4) is 0 Å². The van der Waals surface area contributed by atoms with Crippen LogP contribution in [0.15, 0.2) is 36.5 Å². The molecule has 402 valence electrons. The summed E-state index contributed by atoms with van der Waals surface area (Å²) < 4.78 is 23.4. The topological polar surface area (TPSA) is 105 Å². The van der Waals surface area contributed by atoms with E-state index in [1.54, 1.807) is 6.08 Å². The molecule has 3 unspecified atom stereocenters. The molecule has 3 N–H and O–H groups in total. The lowest BCUT2D eigenvalue weighted by Gasteiger charge is -2.25. The number of allylic oxidation sites excluding steroid dienone is 5. The van der Waals surface area contributed by atoms with Crippen molar-refractivity contribution in [3.63, 3.8) is 0 Å². The Labute approximate surface area is 423 Å². The van der Waals surface area contributed by atoms with E-state index in [2.05, 4.69) is 43.5 Å². The number of aliphatic hydroxyl groups is 1. The molecule has 0 bridgehead atoms. The van der Waals surface area contributed by atoms with Crippen LogP contribution in [0.3, 0.4) is 0 Å². The van der Waals surface area contributed by atoms with E-state index in [1.807, 2.05) is 27.2 Å². The number of likely N-dealkylation sites (N-methyl/N-ethyl adjacent to an activating group) is 1. The van der Waals surface area contributed by atoms with Crippen LogP contribution >= 0.6 is 7.82 Å². The van der Waals surface area contributed by atoms with Gasteiger partial charge in [0.15, 0.2) is 0 Å². The van der Waals surface area contributed by atoms with Crippen LogP contribution in [0.2, 0.25) is 0 Å². The van der Waals surface area contributed by atoms with Crippen molar-refractivity contribution >= 4 is 13.7 Å². The molecular weight excluding hydrogens is 864 g/mol. The van der Waals surface area contributed by atoms with Crippen molar-refractivity contribution in [1.82, 2.24) is 5.32 Å². The van der Waals surface area contributed by atoms with Crippen LogP contribution in [0.5, 0.6) is 0 Å². The molecule has 0 spiro atoms. The Morgan fingerprint density at radius 2 is 0.838 bits per heavy atom.